The number of benzene rings is 2. The van der Waals surface area contributed by atoms with Gasteiger partial charge in [0.15, 0.2) is 0 Å². The summed E-state index contributed by atoms with van der Waals surface area (Å²) in [5.41, 5.74) is 21.7. The molecule has 1 atom stereocenters. The van der Waals surface area contributed by atoms with E-state index in [9.17, 15) is 0 Å². The Morgan fingerprint density at radius 2 is 1.41 bits per heavy atom. The van der Waals surface area contributed by atoms with E-state index in [1.807, 2.05) is 0 Å². The molecule has 0 bridgehead atoms. The van der Waals surface area contributed by atoms with Crippen LogP contribution in [0.1, 0.15) is 59.6 Å². The predicted octanol–water partition coefficient (Wildman–Crippen LogP) is 4.88. The summed E-state index contributed by atoms with van der Waals surface area (Å²) < 4.78 is 0. The van der Waals surface area contributed by atoms with E-state index < -0.39 is 0 Å². The maximum Gasteiger partial charge on any atom is 0.0379 e. The number of rotatable bonds is 4. The lowest BCUT2D eigenvalue weighted by atomic mass is 9.90. The molecule has 0 aliphatic carbocycles. The second kappa shape index (κ2) is 6.43. The molecule has 2 aromatic rings. The Labute approximate surface area is 134 Å². The molecule has 1 unspecified atom stereocenters. The first-order chi connectivity index (χ1) is 10.3. The van der Waals surface area contributed by atoms with Crippen molar-refractivity contribution in [1.82, 2.24) is 0 Å². The highest BCUT2D eigenvalue weighted by Gasteiger charge is 2.12. The maximum atomic E-state index is 6.33. The van der Waals surface area contributed by atoms with Crippen LogP contribution < -0.4 is 11.5 Å². The van der Waals surface area contributed by atoms with E-state index in [4.69, 9.17) is 11.5 Å². The Kier molecular flexibility index (Phi) is 4.80. The molecule has 0 saturated carbocycles. The summed E-state index contributed by atoms with van der Waals surface area (Å²) in [6, 6.07) is 8.78. The molecular weight excluding hydrogens is 268 g/mol. The van der Waals surface area contributed by atoms with Gasteiger partial charge in [-0.05, 0) is 60.9 Å². The molecule has 0 saturated heterocycles. The van der Waals surface area contributed by atoms with Crippen LogP contribution in [-0.4, -0.2) is 0 Å². The molecule has 0 aliphatic rings. The summed E-state index contributed by atoms with van der Waals surface area (Å²) in [6.45, 7) is 10.8. The van der Waals surface area contributed by atoms with E-state index in [-0.39, 0.29) is 0 Å². The van der Waals surface area contributed by atoms with Crippen molar-refractivity contribution in [2.45, 2.75) is 53.4 Å². The Morgan fingerprint density at radius 3 is 2.00 bits per heavy atom. The minimum Gasteiger partial charge on any atom is -0.398 e. The van der Waals surface area contributed by atoms with E-state index in [1.54, 1.807) is 0 Å². The largest absolute Gasteiger partial charge is 0.398 e. The fourth-order valence-electron chi connectivity index (χ4n) is 2.99. The van der Waals surface area contributed by atoms with Gasteiger partial charge in [0, 0.05) is 17.8 Å². The lowest BCUT2D eigenvalue weighted by Crippen LogP contribution is -2.05. The molecule has 118 valence electrons. The summed E-state index contributed by atoms with van der Waals surface area (Å²) in [4.78, 5) is 0. The van der Waals surface area contributed by atoms with Gasteiger partial charge >= 0.3 is 0 Å². The van der Waals surface area contributed by atoms with Gasteiger partial charge in [0.05, 0.1) is 0 Å². The molecule has 22 heavy (non-hydrogen) atoms. The summed E-state index contributed by atoms with van der Waals surface area (Å²) >= 11 is 0. The van der Waals surface area contributed by atoms with E-state index in [0.717, 1.165) is 35.3 Å². The van der Waals surface area contributed by atoms with Crippen LogP contribution in [0.2, 0.25) is 0 Å². The Morgan fingerprint density at radius 1 is 0.864 bits per heavy atom. The van der Waals surface area contributed by atoms with Crippen molar-refractivity contribution in [2.75, 3.05) is 11.5 Å². The van der Waals surface area contributed by atoms with Gasteiger partial charge in [-0.2, -0.15) is 0 Å². The van der Waals surface area contributed by atoms with Crippen molar-refractivity contribution in [3.63, 3.8) is 0 Å². The molecule has 2 aromatic carbocycles. The zero-order valence-corrected chi connectivity index (χ0v) is 14.5. The van der Waals surface area contributed by atoms with Crippen molar-refractivity contribution in [3.05, 3.63) is 57.6 Å². The lowest BCUT2D eigenvalue weighted by molar-refractivity contribution is 0.731. The Bertz CT molecular complexity index is 687. The zero-order valence-electron chi connectivity index (χ0n) is 14.5. The third kappa shape index (κ3) is 3.27. The molecule has 0 aliphatic heterocycles. The smallest absolute Gasteiger partial charge is 0.0379 e. The van der Waals surface area contributed by atoms with Gasteiger partial charge < -0.3 is 11.5 Å². The quantitative estimate of drug-likeness (QED) is 0.790. The van der Waals surface area contributed by atoms with Crippen LogP contribution in [0.25, 0.3) is 0 Å². The normalized spacial score (nSPS) is 12.4. The standard InChI is InChI=1S/C20H28N2/c1-6-13(3)16-9-15(5)20(22)18(10-16)11-17-8-12(2)7-14(4)19(17)21/h7-10,13H,6,11,21-22H2,1-5H3. The van der Waals surface area contributed by atoms with E-state index >= 15 is 0 Å². The van der Waals surface area contributed by atoms with E-state index in [2.05, 4.69) is 58.9 Å². The fourth-order valence-corrected chi connectivity index (χ4v) is 2.99. The number of nitrogen functional groups attached to an aromatic ring is 2. The van der Waals surface area contributed by atoms with Crippen molar-refractivity contribution < 1.29 is 0 Å². The third-order valence-electron chi connectivity index (χ3n) is 4.67. The highest BCUT2D eigenvalue weighted by molar-refractivity contribution is 5.61. The molecule has 0 aromatic heterocycles. The maximum absolute atomic E-state index is 6.33. The van der Waals surface area contributed by atoms with Gasteiger partial charge in [-0.25, -0.2) is 0 Å². The second-order valence-electron chi connectivity index (χ2n) is 6.55. The average Bonchev–Trinajstić information content (AvgIpc) is 2.47. The van der Waals surface area contributed by atoms with Crippen LogP contribution in [0.15, 0.2) is 24.3 Å². The first-order valence-electron chi connectivity index (χ1n) is 8.08. The molecule has 0 radical (unpaired) electrons. The predicted molar refractivity (Wildman–Crippen MR) is 97.4 cm³/mol. The van der Waals surface area contributed by atoms with Crippen LogP contribution in [0.4, 0.5) is 11.4 Å². The van der Waals surface area contributed by atoms with Crippen LogP contribution in [0, 0.1) is 20.8 Å². The Balaban J connectivity index is 2.47. The topological polar surface area (TPSA) is 52.0 Å². The van der Waals surface area contributed by atoms with Crippen LogP contribution in [-0.2, 0) is 6.42 Å². The van der Waals surface area contributed by atoms with Gasteiger partial charge in [-0.15, -0.1) is 0 Å². The molecule has 0 spiro atoms. The molecule has 0 heterocycles. The van der Waals surface area contributed by atoms with Crippen LogP contribution >= 0.6 is 0 Å². The molecule has 2 rings (SSSR count). The van der Waals surface area contributed by atoms with Gasteiger partial charge in [-0.1, -0.05) is 43.7 Å². The number of nitrogens with two attached hydrogens (primary N) is 2. The first kappa shape index (κ1) is 16.4. The minimum atomic E-state index is 0.551. The number of aryl methyl sites for hydroxylation is 3. The number of hydrogen-bond acceptors (Lipinski definition) is 2. The third-order valence-corrected chi connectivity index (χ3v) is 4.67. The van der Waals surface area contributed by atoms with Crippen molar-refractivity contribution in [1.29, 1.82) is 0 Å². The van der Waals surface area contributed by atoms with Crippen molar-refractivity contribution >= 4 is 11.4 Å². The Hall–Kier alpha value is -1.96. The van der Waals surface area contributed by atoms with E-state index in [0.29, 0.717) is 5.92 Å². The van der Waals surface area contributed by atoms with Gasteiger partial charge in [-0.3, -0.25) is 0 Å². The molecule has 2 nitrogen and oxygen atoms in total. The molecule has 0 fully saturated rings. The van der Waals surface area contributed by atoms with Gasteiger partial charge in [0.2, 0.25) is 0 Å². The highest BCUT2D eigenvalue weighted by Crippen LogP contribution is 2.30. The van der Waals surface area contributed by atoms with E-state index in [1.165, 1.54) is 22.3 Å². The second-order valence-corrected chi connectivity index (χ2v) is 6.55. The van der Waals surface area contributed by atoms with Gasteiger partial charge in [0.1, 0.15) is 0 Å². The molecule has 2 heteroatoms. The average molecular weight is 296 g/mol. The molecular formula is C20H28N2. The zero-order chi connectivity index (χ0) is 16.4. The highest BCUT2D eigenvalue weighted by atomic mass is 14.6. The van der Waals surface area contributed by atoms with Gasteiger partial charge in [0.25, 0.3) is 0 Å². The summed E-state index contributed by atoms with van der Waals surface area (Å²) in [6.07, 6.45) is 1.93. The molecule has 0 amide bonds. The van der Waals surface area contributed by atoms with Crippen LogP contribution in [0.3, 0.4) is 0 Å². The number of hydrogen-bond donors (Lipinski definition) is 2. The molecule has 4 N–H and O–H groups in total. The summed E-state index contributed by atoms with van der Waals surface area (Å²) in [5.74, 6) is 0.551. The van der Waals surface area contributed by atoms with Crippen molar-refractivity contribution in [3.8, 4) is 0 Å². The fraction of sp³-hybridized carbons (Fsp3) is 0.400. The monoisotopic (exact) mass is 296 g/mol. The number of anilines is 2. The van der Waals surface area contributed by atoms with Crippen LogP contribution in [0.5, 0.6) is 0 Å². The lowest BCUT2D eigenvalue weighted by Gasteiger charge is -2.17. The summed E-state index contributed by atoms with van der Waals surface area (Å²) in [7, 11) is 0. The van der Waals surface area contributed by atoms with Crippen molar-refractivity contribution in [2.24, 2.45) is 0 Å². The summed E-state index contributed by atoms with van der Waals surface area (Å²) in [5, 5.41) is 0. The SMILES string of the molecule is CCC(C)c1cc(C)c(N)c(Cc2cc(C)cc(C)c2N)c1. The first-order valence-corrected chi connectivity index (χ1v) is 8.08. The minimum absolute atomic E-state index is 0.551.